The normalized spacial score (nSPS) is 10.5. The zero-order chi connectivity index (χ0) is 14.0. The number of carbonyl (C=O) groups excluding carboxylic acids is 1. The molecule has 0 saturated heterocycles. The van der Waals surface area contributed by atoms with E-state index in [2.05, 4.69) is 0 Å². The van der Waals surface area contributed by atoms with E-state index < -0.39 is 5.82 Å². The molecule has 4 heteroatoms. The number of anilines is 1. The van der Waals surface area contributed by atoms with Crippen molar-refractivity contribution in [3.63, 3.8) is 0 Å². The van der Waals surface area contributed by atoms with Crippen molar-refractivity contribution in [3.8, 4) is 0 Å². The minimum atomic E-state index is -0.506. The van der Waals surface area contributed by atoms with Crippen molar-refractivity contribution in [2.75, 3.05) is 5.73 Å². The number of Topliss-reactive ketones (excluding diaryl/α,β-unsaturated/α-hetero) is 1. The van der Waals surface area contributed by atoms with Crippen LogP contribution < -0.4 is 5.73 Å². The number of benzene rings is 2. The zero-order valence-electron chi connectivity index (χ0n) is 10.4. The lowest BCUT2D eigenvalue weighted by Gasteiger charge is -2.07. The standard InChI is InChI=1S/C15H13F2NO/c1-9-6-11(16)3-2-10(9)7-15(19)13-8-12(17)4-5-14(13)18/h2-6,8H,7,18H2,1H3. The third kappa shape index (κ3) is 2.96. The Labute approximate surface area is 109 Å². The Morgan fingerprint density at radius 3 is 2.42 bits per heavy atom. The van der Waals surface area contributed by atoms with Crippen molar-refractivity contribution in [2.45, 2.75) is 13.3 Å². The van der Waals surface area contributed by atoms with Crippen LogP contribution in [0, 0.1) is 18.6 Å². The van der Waals surface area contributed by atoms with E-state index in [-0.39, 0.29) is 29.3 Å². The van der Waals surface area contributed by atoms with Gasteiger partial charge in [0.15, 0.2) is 5.78 Å². The topological polar surface area (TPSA) is 43.1 Å². The van der Waals surface area contributed by atoms with Gasteiger partial charge in [-0.1, -0.05) is 6.07 Å². The minimum Gasteiger partial charge on any atom is -0.398 e. The van der Waals surface area contributed by atoms with Gasteiger partial charge in [0.25, 0.3) is 0 Å². The van der Waals surface area contributed by atoms with E-state index in [1.165, 1.54) is 24.3 Å². The second-order valence-electron chi connectivity index (χ2n) is 4.40. The molecule has 2 aromatic carbocycles. The maximum atomic E-state index is 13.1. The van der Waals surface area contributed by atoms with Gasteiger partial charge in [0.05, 0.1) is 0 Å². The van der Waals surface area contributed by atoms with Crippen LogP contribution in [0.1, 0.15) is 21.5 Å². The molecule has 2 aromatic rings. The second kappa shape index (κ2) is 5.18. The quantitative estimate of drug-likeness (QED) is 0.680. The van der Waals surface area contributed by atoms with Gasteiger partial charge in [0.2, 0.25) is 0 Å². The van der Waals surface area contributed by atoms with E-state index in [4.69, 9.17) is 5.73 Å². The molecule has 2 rings (SSSR count). The van der Waals surface area contributed by atoms with Crippen LogP contribution >= 0.6 is 0 Å². The number of nitrogen functional groups attached to an aromatic ring is 1. The van der Waals surface area contributed by atoms with Gasteiger partial charge in [-0.2, -0.15) is 0 Å². The molecule has 0 saturated carbocycles. The fraction of sp³-hybridized carbons (Fsp3) is 0.133. The molecule has 0 radical (unpaired) electrons. The van der Waals surface area contributed by atoms with Crippen LogP contribution in [0.2, 0.25) is 0 Å². The molecule has 19 heavy (non-hydrogen) atoms. The van der Waals surface area contributed by atoms with Crippen molar-refractivity contribution >= 4 is 11.5 Å². The molecule has 98 valence electrons. The third-order valence-corrected chi connectivity index (χ3v) is 2.97. The van der Waals surface area contributed by atoms with E-state index in [0.29, 0.717) is 11.1 Å². The van der Waals surface area contributed by atoms with E-state index in [1.807, 2.05) is 0 Å². The highest BCUT2D eigenvalue weighted by atomic mass is 19.1. The summed E-state index contributed by atoms with van der Waals surface area (Å²) >= 11 is 0. The largest absolute Gasteiger partial charge is 0.398 e. The molecule has 0 bridgehead atoms. The van der Waals surface area contributed by atoms with Gasteiger partial charge in [0.1, 0.15) is 11.6 Å². The number of hydrogen-bond donors (Lipinski definition) is 1. The van der Waals surface area contributed by atoms with Crippen molar-refractivity contribution in [3.05, 3.63) is 64.7 Å². The molecule has 0 aliphatic heterocycles. The van der Waals surface area contributed by atoms with Crippen molar-refractivity contribution < 1.29 is 13.6 Å². The van der Waals surface area contributed by atoms with Crippen LogP contribution in [0.3, 0.4) is 0 Å². The number of hydrogen-bond acceptors (Lipinski definition) is 2. The van der Waals surface area contributed by atoms with Gasteiger partial charge in [-0.05, 0) is 48.4 Å². The summed E-state index contributed by atoms with van der Waals surface area (Å²) in [5, 5.41) is 0. The molecule has 0 aliphatic carbocycles. The van der Waals surface area contributed by atoms with E-state index in [0.717, 1.165) is 6.07 Å². The number of ketones is 1. The van der Waals surface area contributed by atoms with Crippen LogP contribution in [-0.2, 0) is 6.42 Å². The Bertz CT molecular complexity index is 638. The second-order valence-corrected chi connectivity index (χ2v) is 4.40. The van der Waals surface area contributed by atoms with Crippen LogP contribution in [0.5, 0.6) is 0 Å². The molecule has 0 aliphatic rings. The molecule has 0 amide bonds. The van der Waals surface area contributed by atoms with E-state index in [9.17, 15) is 13.6 Å². The number of carbonyl (C=O) groups is 1. The predicted octanol–water partition coefficient (Wildman–Crippen LogP) is 3.28. The summed E-state index contributed by atoms with van der Waals surface area (Å²) in [5.74, 6) is -1.14. The molecule has 2 nitrogen and oxygen atoms in total. The first-order valence-electron chi connectivity index (χ1n) is 5.80. The summed E-state index contributed by atoms with van der Waals surface area (Å²) in [6, 6.07) is 7.89. The van der Waals surface area contributed by atoms with Gasteiger partial charge < -0.3 is 5.73 Å². The summed E-state index contributed by atoms with van der Waals surface area (Å²) in [7, 11) is 0. The summed E-state index contributed by atoms with van der Waals surface area (Å²) in [5.41, 5.74) is 7.44. The highest BCUT2D eigenvalue weighted by Gasteiger charge is 2.13. The van der Waals surface area contributed by atoms with Crippen molar-refractivity contribution in [1.82, 2.24) is 0 Å². The van der Waals surface area contributed by atoms with Crippen LogP contribution in [0.4, 0.5) is 14.5 Å². The van der Waals surface area contributed by atoms with Gasteiger partial charge in [-0.25, -0.2) is 8.78 Å². The Kier molecular flexibility index (Phi) is 3.60. The van der Waals surface area contributed by atoms with Crippen LogP contribution in [-0.4, -0.2) is 5.78 Å². The Hall–Kier alpha value is -2.23. The minimum absolute atomic E-state index is 0.0692. The molecule has 2 N–H and O–H groups in total. The summed E-state index contributed by atoms with van der Waals surface area (Å²) in [6.45, 7) is 1.72. The summed E-state index contributed by atoms with van der Waals surface area (Å²) in [4.78, 5) is 12.1. The lowest BCUT2D eigenvalue weighted by atomic mass is 9.98. The Balaban J connectivity index is 2.28. The molecule has 0 atom stereocenters. The van der Waals surface area contributed by atoms with E-state index in [1.54, 1.807) is 13.0 Å². The molecular formula is C15H13F2NO. The lowest BCUT2D eigenvalue weighted by molar-refractivity contribution is 0.0993. The number of nitrogens with two attached hydrogens (primary N) is 1. The first-order chi connectivity index (χ1) is 8.97. The number of aryl methyl sites for hydroxylation is 1. The molecule has 0 unspecified atom stereocenters. The van der Waals surface area contributed by atoms with Crippen LogP contribution in [0.15, 0.2) is 36.4 Å². The molecule has 0 spiro atoms. The lowest BCUT2D eigenvalue weighted by Crippen LogP contribution is -2.08. The molecule has 0 aromatic heterocycles. The summed E-state index contributed by atoms with van der Waals surface area (Å²) in [6.07, 6.45) is 0.0692. The van der Waals surface area contributed by atoms with Gasteiger partial charge in [-0.3, -0.25) is 4.79 Å². The van der Waals surface area contributed by atoms with Gasteiger partial charge >= 0.3 is 0 Å². The van der Waals surface area contributed by atoms with Gasteiger partial charge in [-0.15, -0.1) is 0 Å². The SMILES string of the molecule is Cc1cc(F)ccc1CC(=O)c1cc(F)ccc1N. The monoisotopic (exact) mass is 261 g/mol. The summed E-state index contributed by atoms with van der Waals surface area (Å²) < 4.78 is 26.1. The fourth-order valence-electron chi connectivity index (χ4n) is 1.90. The van der Waals surface area contributed by atoms with E-state index >= 15 is 0 Å². The first-order valence-corrected chi connectivity index (χ1v) is 5.80. The molecule has 0 fully saturated rings. The average Bonchev–Trinajstić information content (AvgIpc) is 2.35. The van der Waals surface area contributed by atoms with Crippen molar-refractivity contribution in [1.29, 1.82) is 0 Å². The predicted molar refractivity (Wildman–Crippen MR) is 70.0 cm³/mol. The highest BCUT2D eigenvalue weighted by molar-refractivity contribution is 6.02. The average molecular weight is 261 g/mol. The number of rotatable bonds is 3. The smallest absolute Gasteiger partial charge is 0.169 e. The highest BCUT2D eigenvalue weighted by Crippen LogP contribution is 2.18. The van der Waals surface area contributed by atoms with Crippen molar-refractivity contribution in [2.24, 2.45) is 0 Å². The molecule has 0 heterocycles. The third-order valence-electron chi connectivity index (χ3n) is 2.97. The zero-order valence-corrected chi connectivity index (χ0v) is 10.4. The molecular weight excluding hydrogens is 248 g/mol. The number of halogens is 2. The fourth-order valence-corrected chi connectivity index (χ4v) is 1.90. The first kappa shape index (κ1) is 13.2. The van der Waals surface area contributed by atoms with Gasteiger partial charge in [0, 0.05) is 17.7 Å². The Morgan fingerprint density at radius 1 is 1.11 bits per heavy atom. The van der Waals surface area contributed by atoms with Crippen LogP contribution in [0.25, 0.3) is 0 Å². The maximum Gasteiger partial charge on any atom is 0.169 e. The maximum absolute atomic E-state index is 13.1. The Morgan fingerprint density at radius 2 is 1.74 bits per heavy atom.